The van der Waals surface area contributed by atoms with Crippen LogP contribution in [0.2, 0.25) is 0 Å². The van der Waals surface area contributed by atoms with Crippen LogP contribution in [-0.4, -0.2) is 34.5 Å². The number of nitrogens with zero attached hydrogens (tertiary/aromatic N) is 2. The van der Waals surface area contributed by atoms with Gasteiger partial charge in [0.2, 0.25) is 0 Å². The number of alkyl halides is 5. The summed E-state index contributed by atoms with van der Waals surface area (Å²) in [5.74, 6) is -3.58. The fraction of sp³-hybridized carbons (Fsp3) is 0.750. The summed E-state index contributed by atoms with van der Waals surface area (Å²) >= 11 is 0. The van der Waals surface area contributed by atoms with Gasteiger partial charge in [-0.05, 0) is 12.8 Å². The van der Waals surface area contributed by atoms with Crippen molar-refractivity contribution in [3.8, 4) is 0 Å². The Morgan fingerprint density at radius 3 is 2.67 bits per heavy atom. The largest absolute Gasteiger partial charge is 0.435 e. The van der Waals surface area contributed by atoms with Crippen molar-refractivity contribution < 1.29 is 31.8 Å². The lowest BCUT2D eigenvalue weighted by molar-refractivity contribution is -0.150. The number of aliphatic hydroxyl groups excluding tert-OH is 1. The van der Waals surface area contributed by atoms with Crippen LogP contribution in [0.5, 0.6) is 0 Å². The maximum Gasteiger partial charge on any atom is 0.435 e. The van der Waals surface area contributed by atoms with E-state index in [1.165, 1.54) is 7.11 Å². The van der Waals surface area contributed by atoms with Gasteiger partial charge in [0.1, 0.15) is 6.10 Å². The van der Waals surface area contributed by atoms with E-state index in [-0.39, 0.29) is 18.7 Å². The van der Waals surface area contributed by atoms with Gasteiger partial charge in [0, 0.05) is 37.9 Å². The molecule has 0 radical (unpaired) electrons. The normalized spacial score (nSPS) is 21.4. The summed E-state index contributed by atoms with van der Waals surface area (Å²) in [7, 11) is 1.45. The van der Waals surface area contributed by atoms with Gasteiger partial charge in [0.25, 0.3) is 5.92 Å². The fourth-order valence-electron chi connectivity index (χ4n) is 2.45. The predicted molar refractivity (Wildman–Crippen MR) is 61.9 cm³/mol. The molecule has 21 heavy (non-hydrogen) atoms. The zero-order chi connectivity index (χ0) is 15.8. The molecule has 1 atom stereocenters. The Morgan fingerprint density at radius 2 is 2.10 bits per heavy atom. The van der Waals surface area contributed by atoms with Crippen molar-refractivity contribution in [3.05, 3.63) is 17.0 Å². The first-order valence-electron chi connectivity index (χ1n) is 6.40. The summed E-state index contributed by atoms with van der Waals surface area (Å²) in [6.45, 7) is 0.430. The molecule has 120 valence electrons. The molecule has 9 heteroatoms. The second kappa shape index (κ2) is 5.53. The van der Waals surface area contributed by atoms with Crippen molar-refractivity contribution in [2.75, 3.05) is 13.7 Å². The first kappa shape index (κ1) is 16.2. The van der Waals surface area contributed by atoms with E-state index < -0.39 is 35.9 Å². The zero-order valence-electron chi connectivity index (χ0n) is 11.3. The summed E-state index contributed by atoms with van der Waals surface area (Å²) in [6.07, 6.45) is -7.92. The maximum absolute atomic E-state index is 13.5. The molecule has 4 nitrogen and oxygen atoms in total. The second-order valence-electron chi connectivity index (χ2n) is 4.94. The van der Waals surface area contributed by atoms with Crippen LogP contribution in [0.4, 0.5) is 22.0 Å². The average molecular weight is 314 g/mol. The number of rotatable bonds is 4. The van der Waals surface area contributed by atoms with Crippen LogP contribution in [0.3, 0.4) is 0 Å². The molecule has 0 saturated carbocycles. The number of halogens is 5. The molecule has 0 spiro atoms. The fourth-order valence-corrected chi connectivity index (χ4v) is 2.45. The molecule has 0 saturated heterocycles. The van der Waals surface area contributed by atoms with Crippen LogP contribution in [0.15, 0.2) is 0 Å². The van der Waals surface area contributed by atoms with Crippen LogP contribution in [0.1, 0.15) is 35.9 Å². The molecule has 1 aromatic heterocycles. The Bertz CT molecular complexity index is 512. The number of hydrogen-bond acceptors (Lipinski definition) is 3. The lowest BCUT2D eigenvalue weighted by Gasteiger charge is -2.28. The van der Waals surface area contributed by atoms with Crippen LogP contribution < -0.4 is 0 Å². The highest BCUT2D eigenvalue weighted by atomic mass is 19.4. The molecule has 0 amide bonds. The number of hydrogen-bond donors (Lipinski definition) is 1. The van der Waals surface area contributed by atoms with Gasteiger partial charge in [-0.15, -0.1) is 0 Å². The first-order valence-corrected chi connectivity index (χ1v) is 6.40. The molecule has 0 aliphatic heterocycles. The zero-order valence-corrected chi connectivity index (χ0v) is 11.3. The summed E-state index contributed by atoms with van der Waals surface area (Å²) in [4.78, 5) is 0. The minimum Gasteiger partial charge on any atom is -0.385 e. The van der Waals surface area contributed by atoms with E-state index >= 15 is 0 Å². The van der Waals surface area contributed by atoms with E-state index in [0.717, 1.165) is 4.68 Å². The van der Waals surface area contributed by atoms with Crippen molar-refractivity contribution in [1.82, 2.24) is 9.78 Å². The second-order valence-corrected chi connectivity index (χ2v) is 4.94. The van der Waals surface area contributed by atoms with E-state index in [4.69, 9.17) is 4.74 Å². The van der Waals surface area contributed by atoms with Crippen molar-refractivity contribution >= 4 is 0 Å². The Kier molecular flexibility index (Phi) is 4.25. The van der Waals surface area contributed by atoms with Gasteiger partial charge in [-0.2, -0.15) is 18.3 Å². The number of methoxy groups -OCH3 is 1. The topological polar surface area (TPSA) is 47.3 Å². The number of aryl methyl sites for hydroxylation is 1. The molecule has 0 bridgehead atoms. The monoisotopic (exact) mass is 314 g/mol. The van der Waals surface area contributed by atoms with Crippen molar-refractivity contribution in [2.45, 2.75) is 44.0 Å². The highest BCUT2D eigenvalue weighted by Gasteiger charge is 2.51. The van der Waals surface area contributed by atoms with Crippen LogP contribution in [0.25, 0.3) is 0 Å². The smallest absolute Gasteiger partial charge is 0.385 e. The molecule has 0 fully saturated rings. The van der Waals surface area contributed by atoms with Crippen LogP contribution in [-0.2, 0) is 23.9 Å². The molecule has 1 unspecified atom stereocenters. The Morgan fingerprint density at radius 1 is 1.43 bits per heavy atom. The van der Waals surface area contributed by atoms with Gasteiger partial charge in [0.05, 0.1) is 0 Å². The summed E-state index contributed by atoms with van der Waals surface area (Å²) in [5.41, 5.74) is -2.20. The lowest BCUT2D eigenvalue weighted by atomic mass is 9.89. The molecule has 1 heterocycles. The lowest BCUT2D eigenvalue weighted by Crippen LogP contribution is -2.33. The van der Waals surface area contributed by atoms with Gasteiger partial charge in [-0.1, -0.05) is 0 Å². The van der Waals surface area contributed by atoms with Gasteiger partial charge in [-0.3, -0.25) is 4.68 Å². The van der Waals surface area contributed by atoms with Crippen LogP contribution >= 0.6 is 0 Å². The minimum absolute atomic E-state index is 0.0249. The first-order chi connectivity index (χ1) is 9.68. The van der Waals surface area contributed by atoms with Crippen molar-refractivity contribution in [2.24, 2.45) is 0 Å². The highest BCUT2D eigenvalue weighted by Crippen LogP contribution is 2.46. The molecule has 1 aliphatic rings. The number of ether oxygens (including phenoxy) is 1. The SMILES string of the molecule is COCCCn1nc(C(F)(F)F)c2c1CCC(F)(F)C2O. The molecule has 1 aliphatic carbocycles. The third-order valence-corrected chi connectivity index (χ3v) is 3.45. The summed E-state index contributed by atoms with van der Waals surface area (Å²) in [5, 5.41) is 13.0. The molecular formula is C12H15F5N2O2. The standard InChI is InChI=1S/C12H15F5N2O2/c1-21-6-2-5-19-7-3-4-11(13,14)10(20)8(7)9(18-19)12(15,16)17/h10,20H,2-6H2,1H3. The Balaban J connectivity index is 2.43. The van der Waals surface area contributed by atoms with Gasteiger partial charge >= 0.3 is 6.18 Å². The van der Waals surface area contributed by atoms with Crippen LogP contribution in [0, 0.1) is 0 Å². The van der Waals surface area contributed by atoms with Gasteiger partial charge in [-0.25, -0.2) is 8.78 Å². The third-order valence-electron chi connectivity index (χ3n) is 3.45. The van der Waals surface area contributed by atoms with E-state index in [0.29, 0.717) is 13.0 Å². The molecule has 1 N–H and O–H groups in total. The summed E-state index contributed by atoms with van der Waals surface area (Å²) < 4.78 is 71.7. The number of aliphatic hydroxyl groups is 1. The van der Waals surface area contributed by atoms with Crippen molar-refractivity contribution in [1.29, 1.82) is 0 Å². The number of fused-ring (bicyclic) bond motifs is 1. The molecular weight excluding hydrogens is 299 g/mol. The van der Waals surface area contributed by atoms with Gasteiger partial charge in [0.15, 0.2) is 5.69 Å². The maximum atomic E-state index is 13.5. The molecule has 0 aromatic carbocycles. The predicted octanol–water partition coefficient (Wildman–Crippen LogP) is 2.55. The average Bonchev–Trinajstić information content (AvgIpc) is 2.74. The highest BCUT2D eigenvalue weighted by molar-refractivity contribution is 5.35. The van der Waals surface area contributed by atoms with Gasteiger partial charge < -0.3 is 9.84 Å². The van der Waals surface area contributed by atoms with E-state index in [1.54, 1.807) is 0 Å². The van der Waals surface area contributed by atoms with E-state index in [1.807, 2.05) is 0 Å². The molecule has 2 rings (SSSR count). The van der Waals surface area contributed by atoms with Crippen molar-refractivity contribution in [3.63, 3.8) is 0 Å². The Hall–Kier alpha value is -1.22. The quantitative estimate of drug-likeness (QED) is 0.686. The Labute approximate surface area is 117 Å². The number of aromatic nitrogens is 2. The van der Waals surface area contributed by atoms with E-state index in [2.05, 4.69) is 5.10 Å². The minimum atomic E-state index is -4.88. The third kappa shape index (κ3) is 3.03. The summed E-state index contributed by atoms with van der Waals surface area (Å²) in [6, 6.07) is 0. The molecule has 1 aromatic rings. The van der Waals surface area contributed by atoms with E-state index in [9.17, 15) is 27.1 Å².